The quantitative estimate of drug-likeness (QED) is 0.867. The summed E-state index contributed by atoms with van der Waals surface area (Å²) in [5.41, 5.74) is 3.94. The molecular formula is C21H30N4O. The van der Waals surface area contributed by atoms with Crippen LogP contribution in [0.1, 0.15) is 30.5 Å². The predicted octanol–water partition coefficient (Wildman–Crippen LogP) is 2.51. The molecule has 1 amide bonds. The van der Waals surface area contributed by atoms with E-state index < -0.39 is 0 Å². The molecule has 4 rings (SSSR count). The molecular weight excluding hydrogens is 324 g/mol. The Morgan fingerprint density at radius 2 is 2.12 bits per heavy atom. The number of para-hydroxylation sites is 1. The molecule has 2 aliphatic rings. The van der Waals surface area contributed by atoms with Gasteiger partial charge in [-0.2, -0.15) is 0 Å². The van der Waals surface area contributed by atoms with Crippen LogP contribution in [0.3, 0.4) is 0 Å². The zero-order valence-corrected chi connectivity index (χ0v) is 15.9. The van der Waals surface area contributed by atoms with E-state index in [1.807, 2.05) is 7.05 Å². The van der Waals surface area contributed by atoms with Crippen LogP contribution in [0.15, 0.2) is 24.3 Å². The number of fused-ring (bicyclic) bond motifs is 2. The van der Waals surface area contributed by atoms with Crippen molar-refractivity contribution in [1.29, 1.82) is 0 Å². The Hall–Kier alpha value is -1.85. The fraction of sp³-hybridized carbons (Fsp3) is 0.571. The molecule has 0 radical (unpaired) electrons. The van der Waals surface area contributed by atoms with Crippen LogP contribution in [-0.2, 0) is 11.3 Å². The minimum Gasteiger partial charge on any atom is -0.357 e. The molecule has 0 spiro atoms. The second kappa shape index (κ2) is 7.41. The van der Waals surface area contributed by atoms with Gasteiger partial charge in [-0.3, -0.25) is 9.69 Å². The van der Waals surface area contributed by atoms with Gasteiger partial charge in [-0.05, 0) is 44.4 Å². The fourth-order valence-electron chi connectivity index (χ4n) is 4.81. The number of H-pyrrole nitrogens is 1. The van der Waals surface area contributed by atoms with E-state index in [-0.39, 0.29) is 0 Å². The van der Waals surface area contributed by atoms with E-state index in [0.717, 1.165) is 45.6 Å². The third-order valence-electron chi connectivity index (χ3n) is 6.28. The van der Waals surface area contributed by atoms with Crippen LogP contribution in [0, 0.1) is 12.8 Å². The number of likely N-dealkylation sites (tertiary alicyclic amines) is 2. The van der Waals surface area contributed by atoms with Crippen LogP contribution in [0.2, 0.25) is 0 Å². The molecule has 2 saturated heterocycles. The highest BCUT2D eigenvalue weighted by Gasteiger charge is 2.38. The summed E-state index contributed by atoms with van der Waals surface area (Å²) in [4.78, 5) is 20.7. The molecule has 0 aliphatic carbocycles. The number of nitrogens with one attached hydrogen (secondary N) is 2. The van der Waals surface area contributed by atoms with Crippen molar-refractivity contribution in [3.63, 3.8) is 0 Å². The van der Waals surface area contributed by atoms with Crippen LogP contribution in [0.25, 0.3) is 10.9 Å². The Morgan fingerprint density at radius 3 is 2.92 bits per heavy atom. The van der Waals surface area contributed by atoms with E-state index in [2.05, 4.69) is 51.3 Å². The summed E-state index contributed by atoms with van der Waals surface area (Å²) in [5, 5.41) is 4.52. The van der Waals surface area contributed by atoms with E-state index in [9.17, 15) is 4.79 Å². The molecule has 0 unspecified atom stereocenters. The van der Waals surface area contributed by atoms with Crippen LogP contribution >= 0.6 is 0 Å². The maximum Gasteiger partial charge on any atom is 0.222 e. The highest BCUT2D eigenvalue weighted by molar-refractivity contribution is 5.84. The van der Waals surface area contributed by atoms with Gasteiger partial charge in [0.1, 0.15) is 0 Å². The lowest BCUT2D eigenvalue weighted by Crippen LogP contribution is -2.56. The summed E-state index contributed by atoms with van der Waals surface area (Å²) >= 11 is 0. The van der Waals surface area contributed by atoms with Crippen molar-refractivity contribution < 1.29 is 4.79 Å². The smallest absolute Gasteiger partial charge is 0.222 e. The lowest BCUT2D eigenvalue weighted by atomic mass is 9.83. The molecule has 2 N–H and O–H groups in total. The summed E-state index contributed by atoms with van der Waals surface area (Å²) in [6.07, 6.45) is 2.85. The first-order valence-corrected chi connectivity index (χ1v) is 9.90. The molecule has 0 bridgehead atoms. The van der Waals surface area contributed by atoms with Crippen molar-refractivity contribution in [1.82, 2.24) is 20.1 Å². The Labute approximate surface area is 155 Å². The number of carbonyl (C=O) groups is 1. The molecule has 2 atom stereocenters. The standard InChI is InChI=1S/C21H30N4O/c1-15-17-5-3-4-6-18(17)23-19(15)14-24-11-9-20-16(13-24)7-8-21(26)25(20)12-10-22-2/h3-6,16,20,22-23H,7-14H2,1-2H3/t16-,20+/m0/s1. The van der Waals surface area contributed by atoms with Gasteiger partial charge in [0.2, 0.25) is 5.91 Å². The molecule has 1 aromatic carbocycles. The average Bonchev–Trinajstić information content (AvgIpc) is 2.97. The molecule has 0 saturated carbocycles. The largest absolute Gasteiger partial charge is 0.357 e. The molecule has 5 heteroatoms. The van der Waals surface area contributed by atoms with Crippen molar-refractivity contribution in [3.8, 4) is 0 Å². The molecule has 2 fully saturated rings. The van der Waals surface area contributed by atoms with Gasteiger partial charge in [0.15, 0.2) is 0 Å². The van der Waals surface area contributed by atoms with E-state index >= 15 is 0 Å². The van der Waals surface area contributed by atoms with Crippen LogP contribution in [-0.4, -0.2) is 60.0 Å². The molecule has 140 valence electrons. The first-order valence-electron chi connectivity index (χ1n) is 9.90. The fourth-order valence-corrected chi connectivity index (χ4v) is 4.81. The first kappa shape index (κ1) is 17.6. The number of amides is 1. The maximum atomic E-state index is 12.4. The second-order valence-electron chi connectivity index (χ2n) is 7.85. The molecule has 26 heavy (non-hydrogen) atoms. The highest BCUT2D eigenvalue weighted by Crippen LogP contribution is 2.32. The van der Waals surface area contributed by atoms with Crippen LogP contribution in [0.5, 0.6) is 0 Å². The number of aromatic amines is 1. The van der Waals surface area contributed by atoms with Crippen LogP contribution in [0.4, 0.5) is 0 Å². The van der Waals surface area contributed by atoms with Gasteiger partial charge >= 0.3 is 0 Å². The number of aryl methyl sites for hydroxylation is 1. The summed E-state index contributed by atoms with van der Waals surface area (Å²) < 4.78 is 0. The number of aromatic nitrogens is 1. The van der Waals surface area contributed by atoms with Crippen LogP contribution < -0.4 is 5.32 Å². The number of piperidine rings is 2. The number of hydrogen-bond donors (Lipinski definition) is 2. The Bertz CT molecular complexity index is 783. The van der Waals surface area contributed by atoms with Gasteiger partial charge in [0.05, 0.1) is 0 Å². The average molecular weight is 354 g/mol. The van der Waals surface area contributed by atoms with Crippen molar-refractivity contribution in [2.45, 2.75) is 38.8 Å². The van der Waals surface area contributed by atoms with E-state index in [1.54, 1.807) is 0 Å². The normalized spacial score (nSPS) is 24.2. The van der Waals surface area contributed by atoms with Gasteiger partial charge in [-0.1, -0.05) is 18.2 Å². The zero-order chi connectivity index (χ0) is 18.1. The number of benzene rings is 1. The summed E-state index contributed by atoms with van der Waals surface area (Å²) in [7, 11) is 1.96. The minimum atomic E-state index is 0.349. The van der Waals surface area contributed by atoms with Crippen molar-refractivity contribution in [2.75, 3.05) is 33.2 Å². The molecule has 1 aromatic heterocycles. The number of nitrogens with zero attached hydrogens (tertiary/aromatic N) is 2. The van der Waals surface area contributed by atoms with Gasteiger partial charge in [-0.25, -0.2) is 0 Å². The summed E-state index contributed by atoms with van der Waals surface area (Å²) in [5.74, 6) is 0.962. The monoisotopic (exact) mass is 354 g/mol. The van der Waals surface area contributed by atoms with E-state index in [4.69, 9.17) is 0 Å². The van der Waals surface area contributed by atoms with Crippen molar-refractivity contribution in [3.05, 3.63) is 35.5 Å². The maximum absolute atomic E-state index is 12.4. The number of likely N-dealkylation sites (N-methyl/N-ethyl adjacent to an activating group) is 1. The Kier molecular flexibility index (Phi) is 5.00. The second-order valence-corrected chi connectivity index (χ2v) is 7.85. The summed E-state index contributed by atoms with van der Waals surface area (Å²) in [6, 6.07) is 8.99. The minimum absolute atomic E-state index is 0.349. The van der Waals surface area contributed by atoms with Gasteiger partial charge in [0.25, 0.3) is 0 Å². The lowest BCUT2D eigenvalue weighted by molar-refractivity contribution is -0.141. The van der Waals surface area contributed by atoms with Crippen molar-refractivity contribution in [2.24, 2.45) is 5.92 Å². The van der Waals surface area contributed by atoms with E-state index in [0.29, 0.717) is 24.3 Å². The number of carbonyl (C=O) groups excluding carboxylic acids is 1. The SMILES string of the molecule is CNCCN1C(=O)CC[C@H]2CN(Cc3[nH]c4ccccc4c3C)CC[C@H]21. The third-order valence-corrected chi connectivity index (χ3v) is 6.28. The molecule has 2 aliphatic heterocycles. The molecule has 2 aromatic rings. The van der Waals surface area contributed by atoms with Crippen molar-refractivity contribution >= 4 is 16.8 Å². The Balaban J connectivity index is 1.45. The number of rotatable bonds is 5. The predicted molar refractivity (Wildman–Crippen MR) is 105 cm³/mol. The molecule has 5 nitrogen and oxygen atoms in total. The van der Waals surface area contributed by atoms with Gasteiger partial charge in [-0.15, -0.1) is 0 Å². The van der Waals surface area contributed by atoms with E-state index in [1.165, 1.54) is 22.2 Å². The van der Waals surface area contributed by atoms with Gasteiger partial charge < -0.3 is 15.2 Å². The first-order chi connectivity index (χ1) is 12.7. The lowest BCUT2D eigenvalue weighted by Gasteiger charge is -2.47. The van der Waals surface area contributed by atoms with Gasteiger partial charge in [0, 0.05) is 61.8 Å². The number of hydrogen-bond acceptors (Lipinski definition) is 3. The Morgan fingerprint density at radius 1 is 1.27 bits per heavy atom. The molecule has 3 heterocycles. The third kappa shape index (κ3) is 3.26. The summed E-state index contributed by atoms with van der Waals surface area (Å²) in [6.45, 7) is 7.10. The highest BCUT2D eigenvalue weighted by atomic mass is 16.2. The zero-order valence-electron chi connectivity index (χ0n) is 15.9. The topological polar surface area (TPSA) is 51.4 Å².